The van der Waals surface area contributed by atoms with Crippen LogP contribution < -0.4 is 26.4 Å². The fourth-order valence-electron chi connectivity index (χ4n) is 5.35. The van der Waals surface area contributed by atoms with E-state index in [1.165, 1.54) is 0 Å². The van der Waals surface area contributed by atoms with E-state index >= 15 is 0 Å². The molecule has 0 aliphatic heterocycles. The summed E-state index contributed by atoms with van der Waals surface area (Å²) in [6.45, 7) is 5.88. The molecule has 7 N–H and O–H groups in total. The topological polar surface area (TPSA) is 146 Å². The van der Waals surface area contributed by atoms with Crippen LogP contribution in [0.3, 0.4) is 0 Å². The number of benzene rings is 3. The number of hydrogen-bond donors (Lipinski definition) is 6. The molecule has 0 radical (unpaired) electrons. The Labute approximate surface area is 253 Å². The highest BCUT2D eigenvalue weighted by Gasteiger charge is 2.39. The lowest BCUT2D eigenvalue weighted by atomic mass is 9.86. The summed E-state index contributed by atoms with van der Waals surface area (Å²) in [4.78, 5) is 27.2. The van der Waals surface area contributed by atoms with Crippen molar-refractivity contribution < 1.29 is 24.5 Å². The summed E-state index contributed by atoms with van der Waals surface area (Å²) in [5, 5.41) is 31.8. The van der Waals surface area contributed by atoms with Gasteiger partial charge in [0, 0.05) is 13.0 Å². The average Bonchev–Trinajstić information content (AvgIpc) is 3.31. The van der Waals surface area contributed by atoms with Gasteiger partial charge >= 0.3 is 0 Å². The van der Waals surface area contributed by atoms with E-state index < -0.39 is 53.6 Å². The Morgan fingerprint density at radius 1 is 0.953 bits per heavy atom. The first-order chi connectivity index (χ1) is 20.5. The van der Waals surface area contributed by atoms with Crippen molar-refractivity contribution in [1.82, 2.24) is 16.0 Å². The zero-order chi connectivity index (χ0) is 31.1. The predicted molar refractivity (Wildman–Crippen MR) is 166 cm³/mol. The van der Waals surface area contributed by atoms with Gasteiger partial charge in [-0.2, -0.15) is 0 Å². The number of aliphatic hydroxyl groups is 2. The summed E-state index contributed by atoms with van der Waals surface area (Å²) in [5.41, 5.74) is 9.32. The monoisotopic (exact) mass is 588 g/mol. The zero-order valence-electron chi connectivity index (χ0n) is 25.3. The molecule has 0 bridgehead atoms. The average molecular weight is 589 g/mol. The third-order valence-electron chi connectivity index (χ3n) is 8.06. The van der Waals surface area contributed by atoms with Crippen LogP contribution >= 0.6 is 0 Å². The fraction of sp³-hybridized carbons (Fsp3) is 0.412. The minimum atomic E-state index is -1.34. The van der Waals surface area contributed by atoms with Crippen LogP contribution in [0.1, 0.15) is 49.1 Å². The molecule has 0 aromatic heterocycles. The maximum absolute atomic E-state index is 14.0. The quantitative estimate of drug-likeness (QED) is 0.191. The van der Waals surface area contributed by atoms with Crippen molar-refractivity contribution >= 4 is 11.8 Å². The number of carbonyl (C=O) groups excluding carboxylic acids is 2. The Kier molecular flexibility index (Phi) is 10.6. The largest absolute Gasteiger partial charge is 0.497 e. The third kappa shape index (κ3) is 8.20. The van der Waals surface area contributed by atoms with Gasteiger partial charge in [-0.1, -0.05) is 87.5 Å². The van der Waals surface area contributed by atoms with Gasteiger partial charge in [-0.15, -0.1) is 0 Å². The molecule has 0 unspecified atom stereocenters. The molecule has 0 fully saturated rings. The Hall–Kier alpha value is -3.76. The van der Waals surface area contributed by atoms with E-state index in [0.29, 0.717) is 12.2 Å². The van der Waals surface area contributed by atoms with Gasteiger partial charge in [-0.25, -0.2) is 0 Å². The fourth-order valence-corrected chi connectivity index (χ4v) is 5.35. The molecule has 3 aromatic rings. The number of amides is 2. The van der Waals surface area contributed by atoms with Crippen molar-refractivity contribution in [2.45, 2.75) is 76.5 Å². The number of methoxy groups -OCH3 is 1. The maximum atomic E-state index is 14.0. The number of fused-ring (bicyclic) bond motifs is 1. The highest BCUT2D eigenvalue weighted by Crippen LogP contribution is 2.31. The highest BCUT2D eigenvalue weighted by molar-refractivity contribution is 5.84. The van der Waals surface area contributed by atoms with E-state index in [2.05, 4.69) is 16.0 Å². The van der Waals surface area contributed by atoms with Gasteiger partial charge in [0.1, 0.15) is 11.8 Å². The third-order valence-corrected chi connectivity index (χ3v) is 8.06. The number of hydrogen-bond acceptors (Lipinski definition) is 7. The number of ether oxygens (including phenoxy) is 1. The van der Waals surface area contributed by atoms with Gasteiger partial charge in [0.25, 0.3) is 0 Å². The van der Waals surface area contributed by atoms with Crippen LogP contribution in [0.2, 0.25) is 0 Å². The molecule has 4 rings (SSSR count). The Bertz CT molecular complexity index is 1360. The van der Waals surface area contributed by atoms with Crippen LogP contribution in [0.4, 0.5) is 0 Å². The van der Waals surface area contributed by atoms with Crippen LogP contribution in [0, 0.1) is 5.41 Å². The Morgan fingerprint density at radius 2 is 1.60 bits per heavy atom. The lowest BCUT2D eigenvalue weighted by molar-refractivity contribution is -0.131. The van der Waals surface area contributed by atoms with E-state index in [1.54, 1.807) is 7.11 Å². The summed E-state index contributed by atoms with van der Waals surface area (Å²) in [5.74, 6) is -0.205. The summed E-state index contributed by atoms with van der Waals surface area (Å²) < 4.78 is 5.25. The number of nitrogens with one attached hydrogen (secondary N) is 3. The number of rotatable bonds is 12. The normalized spacial score (nSPS) is 19.0. The molecule has 9 nitrogen and oxygen atoms in total. The number of aliphatic hydroxyl groups excluding tert-OH is 2. The van der Waals surface area contributed by atoms with Crippen LogP contribution in [0.5, 0.6) is 5.75 Å². The lowest BCUT2D eigenvalue weighted by Crippen LogP contribution is -2.61. The molecule has 230 valence electrons. The molecule has 3 aromatic carbocycles. The maximum Gasteiger partial charge on any atom is 0.240 e. The Balaban J connectivity index is 1.62. The van der Waals surface area contributed by atoms with Crippen molar-refractivity contribution in [3.05, 3.63) is 101 Å². The van der Waals surface area contributed by atoms with Crippen molar-refractivity contribution in [3.63, 3.8) is 0 Å². The number of nitrogens with two attached hydrogens (primary N) is 1. The van der Waals surface area contributed by atoms with Gasteiger partial charge in [0.05, 0.1) is 37.4 Å². The summed E-state index contributed by atoms with van der Waals surface area (Å²) in [6.07, 6.45) is -1.45. The predicted octanol–water partition coefficient (Wildman–Crippen LogP) is 2.39. The van der Waals surface area contributed by atoms with Crippen molar-refractivity contribution in [3.8, 4) is 5.75 Å². The van der Waals surface area contributed by atoms with E-state index in [4.69, 9.17) is 10.5 Å². The van der Waals surface area contributed by atoms with Crippen molar-refractivity contribution in [2.24, 2.45) is 11.1 Å². The smallest absolute Gasteiger partial charge is 0.240 e. The standard InChI is InChI=1S/C34H44N4O5/c1-34(2,3)31(35)33(42)37-26(18-21-10-6-5-7-11-21)30(40)29(36-20-22-14-16-24(43-4)17-15-22)32(41)38-28-25-13-9-8-12-23(25)19-27(28)39/h5-17,26-31,36,39-40H,18-20,35H2,1-4H3,(H,37,42)(H,38,41)/t26-,27+,28-,29+,30+,31+/m0/s1. The van der Waals surface area contributed by atoms with Gasteiger partial charge < -0.3 is 31.3 Å². The SMILES string of the molecule is COc1ccc(CN[C@@H](C(=O)N[C@H]2c3ccccc3C[C@H]2O)[C@H](O)[C@H](Cc2ccccc2)NC(=O)[C@@H](N)C(C)(C)C)cc1. The van der Waals surface area contributed by atoms with E-state index in [-0.39, 0.29) is 13.0 Å². The molecule has 0 saturated carbocycles. The molecular formula is C34H44N4O5. The zero-order valence-corrected chi connectivity index (χ0v) is 25.3. The molecule has 0 heterocycles. The summed E-state index contributed by atoms with van der Waals surface area (Å²) in [7, 11) is 1.59. The van der Waals surface area contributed by atoms with Gasteiger partial charge in [-0.05, 0) is 46.2 Å². The minimum absolute atomic E-state index is 0.260. The first kappa shape index (κ1) is 32.2. The van der Waals surface area contributed by atoms with Crippen LogP contribution in [-0.4, -0.2) is 59.5 Å². The molecule has 6 atom stereocenters. The van der Waals surface area contributed by atoms with Gasteiger partial charge in [0.2, 0.25) is 11.8 Å². The molecule has 2 amide bonds. The molecule has 9 heteroatoms. The number of carbonyl (C=O) groups is 2. The molecule has 0 spiro atoms. The molecule has 1 aliphatic rings. The molecule has 1 aliphatic carbocycles. The highest BCUT2D eigenvalue weighted by atomic mass is 16.5. The second kappa shape index (κ2) is 14.1. The molecular weight excluding hydrogens is 544 g/mol. The van der Waals surface area contributed by atoms with Crippen LogP contribution in [0.15, 0.2) is 78.9 Å². The first-order valence-corrected chi connectivity index (χ1v) is 14.7. The van der Waals surface area contributed by atoms with Crippen LogP contribution in [-0.2, 0) is 29.0 Å². The molecule has 43 heavy (non-hydrogen) atoms. The van der Waals surface area contributed by atoms with Crippen LogP contribution in [0.25, 0.3) is 0 Å². The first-order valence-electron chi connectivity index (χ1n) is 14.7. The molecule has 0 saturated heterocycles. The minimum Gasteiger partial charge on any atom is -0.497 e. The lowest BCUT2D eigenvalue weighted by Gasteiger charge is -2.34. The second-order valence-electron chi connectivity index (χ2n) is 12.3. The Morgan fingerprint density at radius 3 is 2.26 bits per heavy atom. The second-order valence-corrected chi connectivity index (χ2v) is 12.3. The van der Waals surface area contributed by atoms with E-state index in [9.17, 15) is 19.8 Å². The van der Waals surface area contributed by atoms with Crippen molar-refractivity contribution in [2.75, 3.05) is 7.11 Å². The van der Waals surface area contributed by atoms with Gasteiger partial charge in [0.15, 0.2) is 0 Å². The summed E-state index contributed by atoms with van der Waals surface area (Å²) in [6, 6.07) is 21.0. The van der Waals surface area contributed by atoms with E-state index in [1.807, 2.05) is 99.6 Å². The van der Waals surface area contributed by atoms with Crippen molar-refractivity contribution in [1.29, 1.82) is 0 Å². The van der Waals surface area contributed by atoms with Gasteiger partial charge in [-0.3, -0.25) is 14.9 Å². The summed E-state index contributed by atoms with van der Waals surface area (Å²) >= 11 is 0. The van der Waals surface area contributed by atoms with E-state index in [0.717, 1.165) is 22.3 Å².